The molecule has 0 fully saturated rings. The Balaban J connectivity index is 1.43. The molecule has 0 unspecified atom stereocenters. The van der Waals surface area contributed by atoms with E-state index in [4.69, 9.17) is 15.1 Å². The van der Waals surface area contributed by atoms with Crippen LogP contribution in [0.3, 0.4) is 0 Å². The van der Waals surface area contributed by atoms with Crippen LogP contribution in [0.1, 0.15) is 19.4 Å². The summed E-state index contributed by atoms with van der Waals surface area (Å²) in [5.41, 5.74) is 7.92. The molecule has 5 nitrogen and oxygen atoms in total. The van der Waals surface area contributed by atoms with Crippen LogP contribution in [-0.4, -0.2) is 15.3 Å². The second-order valence-electron chi connectivity index (χ2n) is 10.1. The van der Waals surface area contributed by atoms with Crippen molar-refractivity contribution < 1.29 is 4.74 Å². The van der Waals surface area contributed by atoms with Gasteiger partial charge in [0.1, 0.15) is 17.3 Å². The maximum absolute atomic E-state index is 7.69. The molecule has 0 spiro atoms. The van der Waals surface area contributed by atoms with Gasteiger partial charge in [-0.15, -0.1) is 0 Å². The fourth-order valence-electron chi connectivity index (χ4n) is 5.14. The molecule has 40 heavy (non-hydrogen) atoms. The fraction of sp³-hybridized carbons (Fsp3) is 0.0857. The third-order valence-electron chi connectivity index (χ3n) is 6.82. The largest absolute Gasteiger partial charge is 0.457 e. The van der Waals surface area contributed by atoms with Crippen molar-refractivity contribution in [2.45, 2.75) is 20.8 Å². The summed E-state index contributed by atoms with van der Waals surface area (Å²) in [6.45, 7) is 5.82. The standard InChI is InChI=1S/C35H30N4O/c1-23-12-15-33-32(18-23)31-14-13-30(40-29-11-7-10-28(21-29)38-25(3)19-24(2)36)22-34(31)39(33)35-20-27(16-17-37-35)26-8-5-4-6-9-26/h4-22,36,38H,1-3H3/b25-19-,36-24?. The van der Waals surface area contributed by atoms with Crippen molar-refractivity contribution in [2.75, 3.05) is 5.32 Å². The first-order valence-corrected chi connectivity index (χ1v) is 13.3. The molecule has 6 rings (SSSR count). The minimum Gasteiger partial charge on any atom is -0.457 e. The zero-order chi connectivity index (χ0) is 27.6. The normalized spacial score (nSPS) is 11.6. The molecule has 2 heterocycles. The number of rotatable bonds is 7. The minimum atomic E-state index is 0.500. The molecule has 0 bridgehead atoms. The first-order valence-electron chi connectivity index (χ1n) is 13.3. The van der Waals surface area contributed by atoms with Crippen molar-refractivity contribution in [1.29, 1.82) is 5.41 Å². The Morgan fingerprint density at radius 2 is 1.60 bits per heavy atom. The van der Waals surface area contributed by atoms with Gasteiger partial charge in [0.15, 0.2) is 0 Å². The monoisotopic (exact) mass is 522 g/mol. The number of benzene rings is 4. The maximum atomic E-state index is 7.69. The first-order chi connectivity index (χ1) is 19.4. The van der Waals surface area contributed by atoms with Crippen molar-refractivity contribution in [2.24, 2.45) is 0 Å². The van der Waals surface area contributed by atoms with Gasteiger partial charge < -0.3 is 15.5 Å². The molecule has 196 valence electrons. The lowest BCUT2D eigenvalue weighted by molar-refractivity contribution is 0.483. The molecule has 0 radical (unpaired) electrons. The van der Waals surface area contributed by atoms with Crippen LogP contribution in [0, 0.1) is 12.3 Å². The van der Waals surface area contributed by atoms with E-state index in [-0.39, 0.29) is 0 Å². The highest BCUT2D eigenvalue weighted by Crippen LogP contribution is 2.36. The number of hydrogen-bond donors (Lipinski definition) is 2. The third-order valence-corrected chi connectivity index (χ3v) is 6.82. The third kappa shape index (κ3) is 5.09. The molecule has 4 aromatic carbocycles. The van der Waals surface area contributed by atoms with E-state index in [0.717, 1.165) is 56.2 Å². The molecule has 6 aromatic rings. The van der Waals surface area contributed by atoms with E-state index in [1.54, 1.807) is 13.0 Å². The SMILES string of the molecule is CC(=N)/C=C(/C)Nc1cccc(Oc2ccc3c4cc(C)ccc4n(-c4cc(-c5ccccc5)ccn4)c3c2)c1. The fourth-order valence-corrected chi connectivity index (χ4v) is 5.14. The zero-order valence-electron chi connectivity index (χ0n) is 22.8. The second kappa shape index (κ2) is 10.5. The van der Waals surface area contributed by atoms with Crippen LogP contribution < -0.4 is 10.1 Å². The predicted octanol–water partition coefficient (Wildman–Crippen LogP) is 9.30. The van der Waals surface area contributed by atoms with E-state index < -0.39 is 0 Å². The molecule has 0 aliphatic carbocycles. The summed E-state index contributed by atoms with van der Waals surface area (Å²) in [4.78, 5) is 4.80. The lowest BCUT2D eigenvalue weighted by Crippen LogP contribution is -1.98. The van der Waals surface area contributed by atoms with Crippen LogP contribution in [0.4, 0.5) is 5.69 Å². The van der Waals surface area contributed by atoms with Crippen molar-refractivity contribution in [3.63, 3.8) is 0 Å². The number of fused-ring (bicyclic) bond motifs is 3. The van der Waals surface area contributed by atoms with Crippen LogP contribution in [0.25, 0.3) is 38.8 Å². The van der Waals surface area contributed by atoms with Crippen LogP contribution in [-0.2, 0) is 0 Å². The number of nitrogens with zero attached hydrogens (tertiary/aromatic N) is 2. The van der Waals surface area contributed by atoms with Gasteiger partial charge in [0.2, 0.25) is 0 Å². The molecule has 0 atom stereocenters. The number of ether oxygens (including phenoxy) is 1. The zero-order valence-corrected chi connectivity index (χ0v) is 22.8. The molecular formula is C35H30N4O. The second-order valence-corrected chi connectivity index (χ2v) is 10.1. The molecule has 2 aromatic heterocycles. The highest BCUT2D eigenvalue weighted by atomic mass is 16.5. The lowest BCUT2D eigenvalue weighted by atomic mass is 10.1. The average Bonchev–Trinajstić information content (AvgIpc) is 3.26. The van der Waals surface area contributed by atoms with Gasteiger partial charge in [-0.25, -0.2) is 4.98 Å². The number of nitrogens with one attached hydrogen (secondary N) is 2. The summed E-state index contributed by atoms with van der Waals surface area (Å²) in [5.74, 6) is 2.33. The smallest absolute Gasteiger partial charge is 0.138 e. The molecule has 0 aliphatic rings. The van der Waals surface area contributed by atoms with Gasteiger partial charge in [0.25, 0.3) is 0 Å². The van der Waals surface area contributed by atoms with Crippen molar-refractivity contribution in [3.8, 4) is 28.4 Å². The minimum absolute atomic E-state index is 0.500. The Kier molecular flexibility index (Phi) is 6.62. The van der Waals surface area contributed by atoms with Gasteiger partial charge in [-0.2, -0.15) is 0 Å². The van der Waals surface area contributed by atoms with E-state index in [9.17, 15) is 0 Å². The number of aryl methyl sites for hydroxylation is 1. The van der Waals surface area contributed by atoms with Crippen LogP contribution in [0.2, 0.25) is 0 Å². The number of pyridine rings is 1. The summed E-state index contributed by atoms with van der Waals surface area (Å²) in [7, 11) is 0. The lowest BCUT2D eigenvalue weighted by Gasteiger charge is -2.12. The van der Waals surface area contributed by atoms with E-state index in [2.05, 4.69) is 77.5 Å². The summed E-state index contributed by atoms with van der Waals surface area (Å²) in [6.07, 6.45) is 3.67. The molecule has 0 aliphatic heterocycles. The van der Waals surface area contributed by atoms with Crippen LogP contribution >= 0.6 is 0 Å². The van der Waals surface area contributed by atoms with Gasteiger partial charge >= 0.3 is 0 Å². The van der Waals surface area contributed by atoms with Gasteiger partial charge in [-0.3, -0.25) is 4.57 Å². The van der Waals surface area contributed by atoms with E-state index in [0.29, 0.717) is 5.71 Å². The average molecular weight is 523 g/mol. The summed E-state index contributed by atoms with van der Waals surface area (Å²) < 4.78 is 8.58. The Labute approximate surface area is 233 Å². The quantitative estimate of drug-likeness (QED) is 0.205. The molecule has 5 heteroatoms. The van der Waals surface area contributed by atoms with E-state index in [1.165, 1.54) is 10.9 Å². The van der Waals surface area contributed by atoms with Crippen molar-refractivity contribution in [3.05, 3.63) is 127 Å². The van der Waals surface area contributed by atoms with Gasteiger partial charge in [0.05, 0.1) is 11.0 Å². The predicted molar refractivity (Wildman–Crippen MR) is 166 cm³/mol. The molecule has 0 saturated carbocycles. The number of aromatic nitrogens is 2. The molecular weight excluding hydrogens is 492 g/mol. The molecule has 2 N–H and O–H groups in total. The summed E-state index contributed by atoms with van der Waals surface area (Å²) >= 11 is 0. The van der Waals surface area contributed by atoms with Gasteiger partial charge in [0, 0.05) is 46.2 Å². The maximum Gasteiger partial charge on any atom is 0.138 e. The summed E-state index contributed by atoms with van der Waals surface area (Å²) in [6, 6.07) is 35.2. The van der Waals surface area contributed by atoms with Crippen LogP contribution in [0.5, 0.6) is 11.5 Å². The Morgan fingerprint density at radius 3 is 2.42 bits per heavy atom. The number of allylic oxidation sites excluding steroid dienone is 2. The molecule has 0 saturated heterocycles. The van der Waals surface area contributed by atoms with Gasteiger partial charge in [-0.05, 0) is 86.5 Å². The Hall–Kier alpha value is -5.16. The van der Waals surface area contributed by atoms with Gasteiger partial charge in [-0.1, -0.05) is 48.0 Å². The number of hydrogen-bond acceptors (Lipinski definition) is 4. The van der Waals surface area contributed by atoms with Crippen molar-refractivity contribution >= 4 is 33.2 Å². The van der Waals surface area contributed by atoms with Crippen LogP contribution in [0.15, 0.2) is 121 Å². The Bertz CT molecular complexity index is 1900. The first kappa shape index (κ1) is 25.1. The van der Waals surface area contributed by atoms with E-state index in [1.807, 2.05) is 55.6 Å². The Morgan fingerprint density at radius 1 is 0.775 bits per heavy atom. The van der Waals surface area contributed by atoms with E-state index >= 15 is 0 Å². The number of anilines is 1. The highest BCUT2D eigenvalue weighted by molar-refractivity contribution is 6.09. The topological polar surface area (TPSA) is 62.9 Å². The highest BCUT2D eigenvalue weighted by Gasteiger charge is 2.15. The van der Waals surface area contributed by atoms with Crippen molar-refractivity contribution in [1.82, 2.24) is 9.55 Å². The summed E-state index contributed by atoms with van der Waals surface area (Å²) in [5, 5.41) is 13.3. The molecule has 0 amide bonds.